The average Bonchev–Trinajstić information content (AvgIpc) is 2.73. The standard InChI is InChI=1S/C22H22F3N3O2.CH4O/c1-14(29)27-17-7-4-15(5-8-17)10-11-21(2,3)20(30)28-18-9-6-16(13-26)19(12-18)22(23,24)25;1-2/h4-9,12H,10-11H2,1-3H3,(H,27,29)(H,28,30);2H,1H3. The van der Waals surface area contributed by atoms with Crippen molar-refractivity contribution < 1.29 is 27.9 Å². The number of hydrogen-bond acceptors (Lipinski definition) is 4. The molecule has 0 aliphatic heterocycles. The number of aliphatic hydroxyl groups excluding tert-OH is 1. The van der Waals surface area contributed by atoms with Crippen LogP contribution in [0.2, 0.25) is 0 Å². The number of rotatable bonds is 6. The van der Waals surface area contributed by atoms with Gasteiger partial charge in [-0.3, -0.25) is 9.59 Å². The lowest BCUT2D eigenvalue weighted by Gasteiger charge is -2.24. The summed E-state index contributed by atoms with van der Waals surface area (Å²) in [6, 6.07) is 11.8. The smallest absolute Gasteiger partial charge is 0.400 e. The summed E-state index contributed by atoms with van der Waals surface area (Å²) in [4.78, 5) is 23.7. The van der Waals surface area contributed by atoms with Crippen molar-refractivity contribution in [3.63, 3.8) is 0 Å². The molecule has 32 heavy (non-hydrogen) atoms. The molecular weight excluding hydrogens is 423 g/mol. The van der Waals surface area contributed by atoms with Gasteiger partial charge in [0, 0.05) is 30.8 Å². The van der Waals surface area contributed by atoms with Crippen molar-refractivity contribution in [3.8, 4) is 6.07 Å². The van der Waals surface area contributed by atoms with Crippen LogP contribution in [0.3, 0.4) is 0 Å². The fraction of sp³-hybridized carbons (Fsp3) is 0.348. The molecule has 0 aliphatic carbocycles. The summed E-state index contributed by atoms with van der Waals surface area (Å²) >= 11 is 0. The molecule has 0 aliphatic rings. The Morgan fingerprint density at radius 3 is 2.06 bits per heavy atom. The molecule has 0 fully saturated rings. The molecule has 0 radical (unpaired) electrons. The maximum atomic E-state index is 13.1. The van der Waals surface area contributed by atoms with Crippen LogP contribution in [0, 0.1) is 16.7 Å². The second kappa shape index (κ2) is 11.3. The summed E-state index contributed by atoms with van der Waals surface area (Å²) in [5.41, 5.74) is -0.809. The third-order valence-electron chi connectivity index (χ3n) is 4.63. The van der Waals surface area contributed by atoms with Crippen molar-refractivity contribution in [1.29, 1.82) is 5.26 Å². The van der Waals surface area contributed by atoms with Gasteiger partial charge >= 0.3 is 6.18 Å². The van der Waals surface area contributed by atoms with Crippen LogP contribution in [0.25, 0.3) is 0 Å². The Labute approximate surface area is 185 Å². The molecule has 172 valence electrons. The van der Waals surface area contributed by atoms with Gasteiger partial charge < -0.3 is 15.7 Å². The van der Waals surface area contributed by atoms with Crippen molar-refractivity contribution in [2.24, 2.45) is 5.41 Å². The molecule has 0 saturated carbocycles. The minimum Gasteiger partial charge on any atom is -0.400 e. The van der Waals surface area contributed by atoms with Gasteiger partial charge in [0.25, 0.3) is 0 Å². The van der Waals surface area contributed by atoms with Gasteiger partial charge in [0.05, 0.1) is 17.2 Å². The van der Waals surface area contributed by atoms with Crippen molar-refractivity contribution in [2.45, 2.75) is 39.8 Å². The van der Waals surface area contributed by atoms with Gasteiger partial charge in [0.15, 0.2) is 0 Å². The van der Waals surface area contributed by atoms with E-state index in [1.54, 1.807) is 26.0 Å². The first-order valence-corrected chi connectivity index (χ1v) is 9.66. The van der Waals surface area contributed by atoms with Crippen LogP contribution >= 0.6 is 0 Å². The Morgan fingerprint density at radius 2 is 1.56 bits per heavy atom. The lowest BCUT2D eigenvalue weighted by molar-refractivity contribution is -0.137. The van der Waals surface area contributed by atoms with Crippen LogP contribution in [0.15, 0.2) is 42.5 Å². The zero-order chi connectivity index (χ0) is 24.5. The first-order chi connectivity index (χ1) is 14.9. The Kier molecular flexibility index (Phi) is 9.41. The number of aliphatic hydroxyl groups is 1. The summed E-state index contributed by atoms with van der Waals surface area (Å²) in [7, 11) is 1.00. The number of aryl methyl sites for hydroxylation is 1. The average molecular weight is 449 g/mol. The fourth-order valence-corrected chi connectivity index (χ4v) is 2.78. The maximum Gasteiger partial charge on any atom is 0.417 e. The van der Waals surface area contributed by atoms with Crippen LogP contribution in [0.4, 0.5) is 24.5 Å². The Bertz CT molecular complexity index is 979. The van der Waals surface area contributed by atoms with E-state index in [0.29, 0.717) is 18.5 Å². The predicted octanol–water partition coefficient (Wildman–Crippen LogP) is 4.74. The molecular formula is C23H26F3N3O3. The van der Waals surface area contributed by atoms with E-state index in [-0.39, 0.29) is 11.6 Å². The molecule has 2 rings (SSSR count). The molecule has 2 aromatic rings. The number of anilines is 2. The number of halogens is 3. The number of benzene rings is 2. The number of amides is 2. The Morgan fingerprint density at radius 1 is 1.00 bits per heavy atom. The topological polar surface area (TPSA) is 102 Å². The molecule has 0 saturated heterocycles. The zero-order valence-electron chi connectivity index (χ0n) is 18.3. The van der Waals surface area contributed by atoms with Crippen LogP contribution < -0.4 is 10.6 Å². The predicted molar refractivity (Wildman–Crippen MR) is 116 cm³/mol. The summed E-state index contributed by atoms with van der Waals surface area (Å²) in [5.74, 6) is -0.591. The van der Waals surface area contributed by atoms with Crippen LogP contribution in [0.1, 0.15) is 43.9 Å². The Hall–Kier alpha value is -3.38. The molecule has 2 aromatic carbocycles. The van der Waals surface area contributed by atoms with E-state index in [4.69, 9.17) is 10.4 Å². The second-order valence-corrected chi connectivity index (χ2v) is 7.59. The van der Waals surface area contributed by atoms with Gasteiger partial charge in [-0.1, -0.05) is 26.0 Å². The van der Waals surface area contributed by atoms with Gasteiger partial charge in [0.1, 0.15) is 0 Å². The van der Waals surface area contributed by atoms with Gasteiger partial charge in [-0.25, -0.2) is 0 Å². The van der Waals surface area contributed by atoms with Crippen molar-refractivity contribution in [3.05, 3.63) is 59.2 Å². The van der Waals surface area contributed by atoms with Gasteiger partial charge in [-0.2, -0.15) is 18.4 Å². The number of hydrogen-bond donors (Lipinski definition) is 3. The third kappa shape index (κ3) is 7.71. The largest absolute Gasteiger partial charge is 0.417 e. The molecule has 0 aromatic heterocycles. The number of carbonyl (C=O) groups excluding carboxylic acids is 2. The monoisotopic (exact) mass is 449 g/mol. The number of nitrogens with zero attached hydrogens (tertiary/aromatic N) is 1. The molecule has 0 atom stereocenters. The highest BCUT2D eigenvalue weighted by Gasteiger charge is 2.34. The zero-order valence-corrected chi connectivity index (χ0v) is 18.3. The highest BCUT2D eigenvalue weighted by Crippen LogP contribution is 2.34. The van der Waals surface area contributed by atoms with Gasteiger partial charge in [0.2, 0.25) is 11.8 Å². The fourth-order valence-electron chi connectivity index (χ4n) is 2.78. The molecule has 0 spiro atoms. The van der Waals surface area contributed by atoms with E-state index in [1.165, 1.54) is 19.1 Å². The van der Waals surface area contributed by atoms with E-state index >= 15 is 0 Å². The van der Waals surface area contributed by atoms with E-state index < -0.39 is 28.6 Å². The SMILES string of the molecule is CC(=O)Nc1ccc(CCC(C)(C)C(=O)Nc2ccc(C#N)c(C(F)(F)F)c2)cc1.CO. The van der Waals surface area contributed by atoms with Crippen LogP contribution in [0.5, 0.6) is 0 Å². The maximum absolute atomic E-state index is 13.1. The molecule has 6 nitrogen and oxygen atoms in total. The summed E-state index contributed by atoms with van der Waals surface area (Å²) in [6.45, 7) is 4.84. The molecule has 0 bridgehead atoms. The minimum atomic E-state index is -4.69. The van der Waals surface area contributed by atoms with Crippen LogP contribution in [-0.4, -0.2) is 24.0 Å². The van der Waals surface area contributed by atoms with E-state index in [9.17, 15) is 22.8 Å². The summed E-state index contributed by atoms with van der Waals surface area (Å²) in [6.07, 6.45) is -3.66. The molecule has 0 unspecified atom stereocenters. The van der Waals surface area contributed by atoms with Crippen molar-refractivity contribution in [1.82, 2.24) is 0 Å². The van der Waals surface area contributed by atoms with E-state index in [2.05, 4.69) is 10.6 Å². The highest BCUT2D eigenvalue weighted by molar-refractivity contribution is 5.95. The van der Waals surface area contributed by atoms with Crippen LogP contribution in [-0.2, 0) is 22.2 Å². The van der Waals surface area contributed by atoms with Gasteiger partial charge in [-0.15, -0.1) is 0 Å². The van der Waals surface area contributed by atoms with Gasteiger partial charge in [-0.05, 0) is 48.7 Å². The molecule has 0 heterocycles. The lowest BCUT2D eigenvalue weighted by Crippen LogP contribution is -2.31. The Balaban J connectivity index is 0.00000249. The number of alkyl halides is 3. The first-order valence-electron chi connectivity index (χ1n) is 9.66. The van der Waals surface area contributed by atoms with E-state index in [1.807, 2.05) is 12.1 Å². The number of nitriles is 1. The summed E-state index contributed by atoms with van der Waals surface area (Å²) < 4.78 is 39.3. The third-order valence-corrected chi connectivity index (χ3v) is 4.63. The first kappa shape index (κ1) is 26.7. The number of carbonyl (C=O) groups is 2. The lowest BCUT2D eigenvalue weighted by atomic mass is 9.85. The van der Waals surface area contributed by atoms with E-state index in [0.717, 1.165) is 24.8 Å². The highest BCUT2D eigenvalue weighted by atomic mass is 19.4. The second-order valence-electron chi connectivity index (χ2n) is 7.59. The summed E-state index contributed by atoms with van der Waals surface area (Å²) in [5, 5.41) is 21.1. The molecule has 3 N–H and O–H groups in total. The normalized spacial score (nSPS) is 11.0. The minimum absolute atomic E-state index is 0.0148. The van der Waals surface area contributed by atoms with Crippen molar-refractivity contribution in [2.75, 3.05) is 17.7 Å². The number of nitrogens with one attached hydrogen (secondary N) is 2. The van der Waals surface area contributed by atoms with Crippen molar-refractivity contribution >= 4 is 23.2 Å². The molecule has 2 amide bonds. The quantitative estimate of drug-likeness (QED) is 0.593. The molecule has 9 heteroatoms.